The molecular weight excluding hydrogens is 400 g/mol. The van der Waals surface area contributed by atoms with Crippen LogP contribution >= 0.6 is 0 Å². The minimum atomic E-state index is -0.0880. The van der Waals surface area contributed by atoms with Crippen molar-refractivity contribution in [3.05, 3.63) is 69.8 Å². The Kier molecular flexibility index (Phi) is 6.04. The number of morpholine rings is 1. The number of benzene rings is 2. The Labute approximate surface area is 188 Å². The van der Waals surface area contributed by atoms with E-state index in [2.05, 4.69) is 35.1 Å². The molecule has 0 radical (unpaired) electrons. The van der Waals surface area contributed by atoms with Gasteiger partial charge in [0.1, 0.15) is 5.82 Å². The smallest absolute Gasteiger partial charge is 0.282 e. The fraction of sp³-hybridized carbons (Fsp3) is 0.423. The van der Waals surface area contributed by atoms with Crippen molar-refractivity contribution in [3.63, 3.8) is 0 Å². The molecule has 2 aliphatic rings. The van der Waals surface area contributed by atoms with Gasteiger partial charge in [0.15, 0.2) is 0 Å². The number of fused-ring (bicyclic) bond motifs is 1. The van der Waals surface area contributed by atoms with Gasteiger partial charge in [0.25, 0.3) is 5.56 Å². The molecule has 1 aliphatic heterocycles. The van der Waals surface area contributed by atoms with Crippen molar-refractivity contribution in [2.75, 3.05) is 31.2 Å². The lowest BCUT2D eigenvalue weighted by Gasteiger charge is -2.29. The van der Waals surface area contributed by atoms with Crippen LogP contribution in [-0.2, 0) is 4.74 Å². The maximum Gasteiger partial charge on any atom is 0.282 e. The average molecular weight is 431 g/mol. The number of hydrogen-bond donors (Lipinski definition) is 0. The molecule has 0 amide bonds. The van der Waals surface area contributed by atoms with Crippen LogP contribution in [0, 0.1) is 6.92 Å². The Bertz CT molecular complexity index is 1190. The molecule has 1 saturated carbocycles. The molecule has 3 aromatic rings. The van der Waals surface area contributed by atoms with Gasteiger partial charge < -0.3 is 9.64 Å². The Morgan fingerprint density at radius 1 is 1.06 bits per heavy atom. The van der Waals surface area contributed by atoms with Gasteiger partial charge in [-0.15, -0.1) is 0 Å². The van der Waals surface area contributed by atoms with Gasteiger partial charge in [0, 0.05) is 24.7 Å². The van der Waals surface area contributed by atoms with Crippen LogP contribution in [0.15, 0.2) is 52.4 Å². The maximum absolute atomic E-state index is 13.3. The monoisotopic (exact) mass is 430 g/mol. The molecule has 1 saturated heterocycles. The average Bonchev–Trinajstić information content (AvgIpc) is 2.85. The van der Waals surface area contributed by atoms with E-state index in [0.717, 1.165) is 61.6 Å². The van der Waals surface area contributed by atoms with Crippen LogP contribution in [0.4, 0.5) is 5.69 Å². The van der Waals surface area contributed by atoms with E-state index in [1.54, 1.807) is 4.68 Å². The summed E-state index contributed by atoms with van der Waals surface area (Å²) in [5, 5.41) is 5.30. The van der Waals surface area contributed by atoms with E-state index in [1.807, 2.05) is 30.5 Å². The lowest BCUT2D eigenvalue weighted by molar-refractivity contribution is 0.122. The van der Waals surface area contributed by atoms with Crippen molar-refractivity contribution in [2.24, 2.45) is 5.10 Å². The third-order valence-corrected chi connectivity index (χ3v) is 6.69. The number of anilines is 1. The molecule has 0 atom stereocenters. The maximum atomic E-state index is 13.3. The summed E-state index contributed by atoms with van der Waals surface area (Å²) >= 11 is 0. The molecule has 5 rings (SSSR count). The van der Waals surface area contributed by atoms with Gasteiger partial charge in [-0.25, -0.2) is 4.98 Å². The molecule has 2 heterocycles. The van der Waals surface area contributed by atoms with Gasteiger partial charge in [-0.05, 0) is 55.2 Å². The van der Waals surface area contributed by atoms with Crippen LogP contribution in [0.2, 0.25) is 0 Å². The molecule has 2 fully saturated rings. The van der Waals surface area contributed by atoms with Crippen LogP contribution in [0.25, 0.3) is 10.9 Å². The predicted octanol–water partition coefficient (Wildman–Crippen LogP) is 4.47. The van der Waals surface area contributed by atoms with E-state index in [0.29, 0.717) is 5.39 Å². The second kappa shape index (κ2) is 9.25. The zero-order chi connectivity index (χ0) is 21.9. The number of aryl methyl sites for hydroxylation is 1. The molecule has 0 bridgehead atoms. The number of aromatic nitrogens is 2. The molecule has 1 aromatic heterocycles. The highest BCUT2D eigenvalue weighted by Crippen LogP contribution is 2.31. The summed E-state index contributed by atoms with van der Waals surface area (Å²) in [6.45, 7) is 5.45. The fourth-order valence-corrected chi connectivity index (χ4v) is 4.82. The van der Waals surface area contributed by atoms with Gasteiger partial charge in [-0.2, -0.15) is 9.78 Å². The van der Waals surface area contributed by atoms with E-state index in [9.17, 15) is 4.79 Å². The molecule has 32 heavy (non-hydrogen) atoms. The minimum absolute atomic E-state index is 0.0880. The van der Waals surface area contributed by atoms with E-state index < -0.39 is 0 Å². The molecule has 0 N–H and O–H groups in total. The van der Waals surface area contributed by atoms with Gasteiger partial charge in [0.05, 0.1) is 30.3 Å². The highest BCUT2D eigenvalue weighted by molar-refractivity contribution is 5.83. The summed E-state index contributed by atoms with van der Waals surface area (Å²) in [7, 11) is 0. The number of nitrogens with zero attached hydrogens (tertiary/aromatic N) is 4. The molecule has 166 valence electrons. The molecule has 2 aromatic carbocycles. The third kappa shape index (κ3) is 4.19. The highest BCUT2D eigenvalue weighted by atomic mass is 16.5. The molecule has 0 unspecified atom stereocenters. The SMILES string of the molecule is Cc1cc(N2CCOCC2)ccc1C=Nn1c(C2CCCCC2)nc2ccccc2c1=O. The Hall–Kier alpha value is -2.99. The number of hydrogen-bond acceptors (Lipinski definition) is 5. The zero-order valence-corrected chi connectivity index (χ0v) is 18.7. The van der Waals surface area contributed by atoms with E-state index in [4.69, 9.17) is 9.72 Å². The van der Waals surface area contributed by atoms with Crippen LogP contribution in [0.5, 0.6) is 0 Å². The lowest BCUT2D eigenvalue weighted by atomic mass is 9.88. The number of ether oxygens (including phenoxy) is 1. The zero-order valence-electron chi connectivity index (χ0n) is 18.7. The summed E-state index contributed by atoms with van der Waals surface area (Å²) in [6.07, 6.45) is 7.55. The van der Waals surface area contributed by atoms with Crippen molar-refractivity contribution in [2.45, 2.75) is 44.9 Å². The first-order chi connectivity index (χ1) is 15.7. The second-order valence-corrected chi connectivity index (χ2v) is 8.82. The molecule has 1 aliphatic carbocycles. The van der Waals surface area contributed by atoms with E-state index >= 15 is 0 Å². The summed E-state index contributed by atoms with van der Waals surface area (Å²) < 4.78 is 7.01. The van der Waals surface area contributed by atoms with Crippen molar-refractivity contribution in [1.82, 2.24) is 9.66 Å². The molecule has 6 nitrogen and oxygen atoms in total. The Morgan fingerprint density at radius 2 is 1.84 bits per heavy atom. The standard InChI is InChI=1S/C26H30N4O2/c1-19-17-22(29-13-15-32-16-14-29)12-11-21(19)18-27-30-25(20-7-3-2-4-8-20)28-24-10-6-5-9-23(24)26(30)31/h5-6,9-12,17-18,20H,2-4,7-8,13-16H2,1H3. The van der Waals surface area contributed by atoms with Crippen LogP contribution in [0.1, 0.15) is 55.0 Å². The molecule has 0 spiro atoms. The van der Waals surface area contributed by atoms with Crippen LogP contribution in [0.3, 0.4) is 0 Å². The van der Waals surface area contributed by atoms with Crippen molar-refractivity contribution in [3.8, 4) is 0 Å². The van der Waals surface area contributed by atoms with E-state index in [-0.39, 0.29) is 11.5 Å². The van der Waals surface area contributed by atoms with Crippen LogP contribution in [-0.4, -0.2) is 42.2 Å². The number of para-hydroxylation sites is 1. The summed E-state index contributed by atoms with van der Waals surface area (Å²) in [4.78, 5) is 20.6. The van der Waals surface area contributed by atoms with Crippen molar-refractivity contribution in [1.29, 1.82) is 0 Å². The van der Waals surface area contributed by atoms with Crippen LogP contribution < -0.4 is 10.5 Å². The largest absolute Gasteiger partial charge is 0.378 e. The molecule has 6 heteroatoms. The first-order valence-corrected chi connectivity index (χ1v) is 11.7. The topological polar surface area (TPSA) is 59.7 Å². The Morgan fingerprint density at radius 3 is 2.62 bits per heavy atom. The van der Waals surface area contributed by atoms with Gasteiger partial charge in [-0.1, -0.05) is 37.5 Å². The summed E-state index contributed by atoms with van der Waals surface area (Å²) in [5.41, 5.74) is 4.02. The first kappa shape index (κ1) is 20.9. The first-order valence-electron chi connectivity index (χ1n) is 11.7. The van der Waals surface area contributed by atoms with Crippen molar-refractivity contribution >= 4 is 22.8 Å². The third-order valence-electron chi connectivity index (χ3n) is 6.69. The minimum Gasteiger partial charge on any atom is -0.378 e. The fourth-order valence-electron chi connectivity index (χ4n) is 4.82. The summed E-state index contributed by atoms with van der Waals surface area (Å²) in [5.74, 6) is 1.08. The van der Waals surface area contributed by atoms with Gasteiger partial charge in [-0.3, -0.25) is 4.79 Å². The van der Waals surface area contributed by atoms with E-state index in [1.165, 1.54) is 24.9 Å². The van der Waals surface area contributed by atoms with Crippen molar-refractivity contribution < 1.29 is 4.74 Å². The quantitative estimate of drug-likeness (QED) is 0.573. The molecular formula is C26H30N4O2. The second-order valence-electron chi connectivity index (χ2n) is 8.82. The normalized spacial score (nSPS) is 18.0. The predicted molar refractivity (Wildman–Crippen MR) is 129 cm³/mol. The van der Waals surface area contributed by atoms with Gasteiger partial charge >= 0.3 is 0 Å². The highest BCUT2D eigenvalue weighted by Gasteiger charge is 2.22. The number of rotatable bonds is 4. The Balaban J connectivity index is 1.51. The summed E-state index contributed by atoms with van der Waals surface area (Å²) in [6, 6.07) is 14.0. The van der Waals surface area contributed by atoms with Gasteiger partial charge in [0.2, 0.25) is 0 Å². The lowest BCUT2D eigenvalue weighted by Crippen LogP contribution is -2.36.